The van der Waals surface area contributed by atoms with E-state index in [4.69, 9.17) is 4.42 Å². The van der Waals surface area contributed by atoms with Gasteiger partial charge in [-0.05, 0) is 57.6 Å². The summed E-state index contributed by atoms with van der Waals surface area (Å²) in [6.45, 7) is 5.22. The fourth-order valence-corrected chi connectivity index (χ4v) is 3.40. The highest BCUT2D eigenvalue weighted by Gasteiger charge is 2.30. The molecule has 2 aromatic rings. The van der Waals surface area contributed by atoms with Gasteiger partial charge in [0.05, 0.1) is 0 Å². The molecule has 0 bridgehead atoms. The van der Waals surface area contributed by atoms with Crippen molar-refractivity contribution in [2.75, 3.05) is 18.4 Å². The number of anilines is 1. The van der Waals surface area contributed by atoms with Crippen LogP contribution < -0.4 is 5.32 Å². The van der Waals surface area contributed by atoms with Gasteiger partial charge in [-0.25, -0.2) is 4.98 Å². The molecule has 1 amide bonds. The Labute approximate surface area is 153 Å². The minimum absolute atomic E-state index is 0.00379. The van der Waals surface area contributed by atoms with Crippen LogP contribution in [-0.4, -0.2) is 45.1 Å². The van der Waals surface area contributed by atoms with Gasteiger partial charge in [-0.15, -0.1) is 5.10 Å². The highest BCUT2D eigenvalue weighted by Crippen LogP contribution is 2.39. The molecule has 0 radical (unpaired) electrons. The van der Waals surface area contributed by atoms with Gasteiger partial charge in [0.2, 0.25) is 5.89 Å². The van der Waals surface area contributed by atoms with Crippen molar-refractivity contribution in [2.45, 2.75) is 57.9 Å². The molecule has 26 heavy (non-hydrogen) atoms. The van der Waals surface area contributed by atoms with E-state index in [2.05, 4.69) is 20.5 Å². The Morgan fingerprint density at radius 3 is 2.85 bits per heavy atom. The lowest BCUT2D eigenvalue weighted by molar-refractivity contribution is 0.0750. The number of amides is 1. The van der Waals surface area contributed by atoms with Gasteiger partial charge in [0.25, 0.3) is 5.91 Å². The van der Waals surface area contributed by atoms with Gasteiger partial charge in [-0.2, -0.15) is 0 Å². The van der Waals surface area contributed by atoms with Crippen molar-refractivity contribution in [1.29, 1.82) is 0 Å². The number of pyridine rings is 1. The van der Waals surface area contributed by atoms with Crippen LogP contribution in [0.3, 0.4) is 0 Å². The fourth-order valence-electron chi connectivity index (χ4n) is 3.40. The molecule has 4 rings (SSSR count). The summed E-state index contributed by atoms with van der Waals surface area (Å²) in [4.78, 5) is 19.4. The molecule has 0 spiro atoms. The Morgan fingerprint density at radius 1 is 1.19 bits per heavy atom. The maximum atomic E-state index is 13.0. The van der Waals surface area contributed by atoms with Gasteiger partial charge in [0.1, 0.15) is 5.69 Å². The van der Waals surface area contributed by atoms with Gasteiger partial charge in [0, 0.05) is 30.7 Å². The van der Waals surface area contributed by atoms with Crippen LogP contribution in [0.25, 0.3) is 0 Å². The molecule has 1 aliphatic carbocycles. The highest BCUT2D eigenvalue weighted by atomic mass is 16.4. The minimum atomic E-state index is 0.00379. The molecular weight excluding hydrogens is 330 g/mol. The van der Waals surface area contributed by atoms with Crippen LogP contribution in [-0.2, 0) is 0 Å². The van der Waals surface area contributed by atoms with E-state index in [0.29, 0.717) is 24.2 Å². The van der Waals surface area contributed by atoms with Crippen LogP contribution in [0.15, 0.2) is 16.5 Å². The van der Waals surface area contributed by atoms with Crippen LogP contribution in [0.1, 0.15) is 65.7 Å². The largest absolute Gasteiger partial charge is 0.408 e. The number of hydrogen-bond donors (Lipinski definition) is 1. The van der Waals surface area contributed by atoms with Gasteiger partial charge in [0.15, 0.2) is 0 Å². The summed E-state index contributed by atoms with van der Waals surface area (Å²) in [6.07, 6.45) is 5.30. The molecule has 1 aliphatic heterocycles. The molecule has 138 valence electrons. The average Bonchev–Trinajstić information content (AvgIpc) is 3.41. The normalized spacial score (nSPS) is 20.7. The molecule has 1 saturated carbocycles. The maximum Gasteiger partial charge on any atom is 0.315 e. The molecule has 1 atom stereocenters. The van der Waals surface area contributed by atoms with E-state index >= 15 is 0 Å². The lowest BCUT2D eigenvalue weighted by Crippen LogP contribution is -2.40. The lowest BCUT2D eigenvalue weighted by atomic mass is 10.1. The number of rotatable bonds is 4. The topological polar surface area (TPSA) is 84.2 Å². The van der Waals surface area contributed by atoms with Crippen LogP contribution in [0.4, 0.5) is 6.01 Å². The molecule has 7 nitrogen and oxygen atoms in total. The molecule has 3 heterocycles. The van der Waals surface area contributed by atoms with Crippen LogP contribution in [0.5, 0.6) is 0 Å². The number of carbonyl (C=O) groups is 1. The first-order valence-corrected chi connectivity index (χ1v) is 9.43. The Hall–Kier alpha value is -2.44. The summed E-state index contributed by atoms with van der Waals surface area (Å²) in [5, 5.41) is 11.6. The number of hydrogen-bond acceptors (Lipinski definition) is 6. The number of nitrogens with one attached hydrogen (secondary N) is 1. The maximum absolute atomic E-state index is 13.0. The van der Waals surface area contributed by atoms with E-state index in [1.165, 1.54) is 0 Å². The van der Waals surface area contributed by atoms with E-state index in [1.54, 1.807) is 0 Å². The smallest absolute Gasteiger partial charge is 0.315 e. The zero-order chi connectivity index (χ0) is 18.1. The molecule has 2 aromatic heterocycles. The third-order valence-electron chi connectivity index (χ3n) is 5.09. The second-order valence-electron chi connectivity index (χ2n) is 7.43. The standard InChI is InChI=1S/C19H25N5O2/c1-12-6-7-13(2)20-16(12)18(25)24-10-4-3-5-15(11-24)21-19-23-22-17(26-19)14-8-9-14/h6-7,14-15H,3-5,8-11H2,1-2H3,(H,21,23). The first kappa shape index (κ1) is 17.0. The number of nitrogens with zero attached hydrogens (tertiary/aromatic N) is 4. The summed E-state index contributed by atoms with van der Waals surface area (Å²) >= 11 is 0. The molecule has 1 unspecified atom stereocenters. The summed E-state index contributed by atoms with van der Waals surface area (Å²) in [5.41, 5.74) is 2.33. The van der Waals surface area contributed by atoms with E-state index in [9.17, 15) is 4.79 Å². The third-order valence-corrected chi connectivity index (χ3v) is 5.09. The molecule has 2 aliphatic rings. The first-order chi connectivity index (χ1) is 12.6. The van der Waals surface area contributed by atoms with Crippen molar-refractivity contribution in [3.05, 3.63) is 35.0 Å². The lowest BCUT2D eigenvalue weighted by Gasteiger charge is -2.25. The van der Waals surface area contributed by atoms with Crippen LogP contribution >= 0.6 is 0 Å². The minimum Gasteiger partial charge on any atom is -0.408 e. The zero-order valence-corrected chi connectivity index (χ0v) is 15.4. The second-order valence-corrected chi connectivity index (χ2v) is 7.43. The quantitative estimate of drug-likeness (QED) is 0.907. The van der Waals surface area contributed by atoms with Crippen molar-refractivity contribution in [3.8, 4) is 0 Å². The van der Waals surface area contributed by atoms with Crippen LogP contribution in [0, 0.1) is 13.8 Å². The van der Waals surface area contributed by atoms with E-state index < -0.39 is 0 Å². The predicted molar refractivity (Wildman–Crippen MR) is 97.1 cm³/mol. The molecule has 0 aromatic carbocycles. The molecule has 1 saturated heterocycles. The van der Waals surface area contributed by atoms with Crippen molar-refractivity contribution in [1.82, 2.24) is 20.1 Å². The Bertz CT molecular complexity index is 799. The van der Waals surface area contributed by atoms with Crippen molar-refractivity contribution in [2.24, 2.45) is 0 Å². The SMILES string of the molecule is Cc1ccc(C)c(C(=O)N2CCCCC(Nc3nnc(C4CC4)o3)C2)n1. The highest BCUT2D eigenvalue weighted by molar-refractivity contribution is 5.93. The van der Waals surface area contributed by atoms with E-state index in [-0.39, 0.29) is 11.9 Å². The summed E-state index contributed by atoms with van der Waals surface area (Å²) in [6, 6.07) is 4.47. The van der Waals surface area contributed by atoms with Crippen molar-refractivity contribution < 1.29 is 9.21 Å². The summed E-state index contributed by atoms with van der Waals surface area (Å²) in [5.74, 6) is 1.18. The third kappa shape index (κ3) is 3.71. The Morgan fingerprint density at radius 2 is 2.04 bits per heavy atom. The van der Waals surface area contributed by atoms with Crippen molar-refractivity contribution >= 4 is 11.9 Å². The Balaban J connectivity index is 1.46. The summed E-state index contributed by atoms with van der Waals surface area (Å²) in [7, 11) is 0. The van der Waals surface area contributed by atoms with Gasteiger partial charge < -0.3 is 14.6 Å². The predicted octanol–water partition coefficient (Wildman–Crippen LogP) is 3.07. The number of likely N-dealkylation sites (tertiary alicyclic amines) is 1. The number of aromatic nitrogens is 3. The van der Waals surface area contributed by atoms with E-state index in [1.807, 2.05) is 30.9 Å². The average molecular weight is 355 g/mol. The van der Waals surface area contributed by atoms with Crippen LogP contribution in [0.2, 0.25) is 0 Å². The molecule has 2 fully saturated rings. The molecule has 1 N–H and O–H groups in total. The molecular formula is C19H25N5O2. The van der Waals surface area contributed by atoms with E-state index in [0.717, 1.165) is 55.8 Å². The second kappa shape index (κ2) is 7.05. The van der Waals surface area contributed by atoms with Crippen molar-refractivity contribution in [3.63, 3.8) is 0 Å². The summed E-state index contributed by atoms with van der Waals surface area (Å²) < 4.78 is 5.72. The monoisotopic (exact) mass is 355 g/mol. The molecule has 7 heteroatoms. The van der Waals surface area contributed by atoms with Gasteiger partial charge in [-0.3, -0.25) is 4.79 Å². The van der Waals surface area contributed by atoms with Gasteiger partial charge >= 0.3 is 6.01 Å². The Kier molecular flexibility index (Phi) is 4.61. The first-order valence-electron chi connectivity index (χ1n) is 9.43. The number of aryl methyl sites for hydroxylation is 2. The van der Waals surface area contributed by atoms with Gasteiger partial charge in [-0.1, -0.05) is 11.2 Å². The fraction of sp³-hybridized carbons (Fsp3) is 0.579. The zero-order valence-electron chi connectivity index (χ0n) is 15.4. The number of carbonyl (C=O) groups excluding carboxylic acids is 1.